The number of halogens is 1. The van der Waals surface area contributed by atoms with E-state index in [-0.39, 0.29) is 17.1 Å². The van der Waals surface area contributed by atoms with Gasteiger partial charge in [-0.2, -0.15) is 0 Å². The van der Waals surface area contributed by atoms with Gasteiger partial charge in [-0.05, 0) is 68.3 Å². The van der Waals surface area contributed by atoms with Gasteiger partial charge in [-0.3, -0.25) is 9.59 Å². The Morgan fingerprint density at radius 2 is 1.69 bits per heavy atom. The maximum atomic E-state index is 13.6. The van der Waals surface area contributed by atoms with Crippen molar-refractivity contribution in [2.75, 3.05) is 16.8 Å². The topological polar surface area (TPSA) is 58.6 Å². The van der Waals surface area contributed by atoms with Crippen LogP contribution >= 0.6 is 0 Å². The highest BCUT2D eigenvalue weighted by molar-refractivity contribution is 6.46. The number of carbonyl (C=O) groups excluding carboxylic acids is 2. The zero-order valence-electron chi connectivity index (χ0n) is 18.1. The van der Waals surface area contributed by atoms with Crippen molar-refractivity contribution in [2.24, 2.45) is 0 Å². The molecule has 4 rings (SSSR count). The Morgan fingerprint density at radius 1 is 0.938 bits per heavy atom. The van der Waals surface area contributed by atoms with Crippen LogP contribution in [0.4, 0.5) is 15.8 Å². The van der Waals surface area contributed by atoms with Gasteiger partial charge in [0.1, 0.15) is 17.3 Å². The molecule has 1 aliphatic rings. The van der Waals surface area contributed by atoms with Crippen LogP contribution < -0.4 is 15.0 Å². The normalized spacial score (nSPS) is 13.7. The number of hydrogen-bond donors (Lipinski definition) is 1. The van der Waals surface area contributed by atoms with Crippen molar-refractivity contribution < 1.29 is 18.7 Å². The molecule has 162 valence electrons. The van der Waals surface area contributed by atoms with Crippen LogP contribution in [0, 0.1) is 19.7 Å². The van der Waals surface area contributed by atoms with Crippen molar-refractivity contribution in [1.29, 1.82) is 0 Å². The van der Waals surface area contributed by atoms with Gasteiger partial charge in [0, 0.05) is 11.8 Å². The number of anilines is 2. The average molecular weight is 430 g/mol. The molecule has 0 saturated carbocycles. The number of benzene rings is 3. The monoisotopic (exact) mass is 430 g/mol. The second kappa shape index (κ2) is 8.67. The summed E-state index contributed by atoms with van der Waals surface area (Å²) in [5.41, 5.74) is 3.96. The molecule has 0 unspecified atom stereocenters. The molecule has 0 radical (unpaired) electrons. The highest BCUT2D eigenvalue weighted by atomic mass is 19.1. The summed E-state index contributed by atoms with van der Waals surface area (Å²) in [7, 11) is 0. The first kappa shape index (κ1) is 21.3. The summed E-state index contributed by atoms with van der Waals surface area (Å²) in [5, 5.41) is 3.05. The van der Waals surface area contributed by atoms with Crippen molar-refractivity contribution in [3.8, 4) is 5.75 Å². The fourth-order valence-corrected chi connectivity index (χ4v) is 3.78. The van der Waals surface area contributed by atoms with E-state index in [4.69, 9.17) is 4.74 Å². The average Bonchev–Trinajstić information content (AvgIpc) is 3.00. The van der Waals surface area contributed by atoms with Gasteiger partial charge in [-0.1, -0.05) is 29.8 Å². The molecule has 0 saturated heterocycles. The first-order valence-corrected chi connectivity index (χ1v) is 10.3. The van der Waals surface area contributed by atoms with E-state index in [1.807, 2.05) is 39.0 Å². The van der Waals surface area contributed by atoms with Crippen LogP contribution in [0.3, 0.4) is 0 Å². The van der Waals surface area contributed by atoms with Crippen LogP contribution in [-0.2, 0) is 9.59 Å². The van der Waals surface area contributed by atoms with Gasteiger partial charge < -0.3 is 10.1 Å². The Kier molecular flexibility index (Phi) is 5.77. The number of carbonyl (C=O) groups is 2. The molecule has 2 amide bonds. The Hall–Kier alpha value is -3.93. The largest absolute Gasteiger partial charge is 0.494 e. The predicted molar refractivity (Wildman–Crippen MR) is 123 cm³/mol. The number of amides is 2. The third kappa shape index (κ3) is 3.99. The summed E-state index contributed by atoms with van der Waals surface area (Å²) in [4.78, 5) is 28.2. The van der Waals surface area contributed by atoms with Crippen LogP contribution in [0.25, 0.3) is 5.57 Å². The Labute approximate surface area is 186 Å². The van der Waals surface area contributed by atoms with Crippen molar-refractivity contribution in [3.05, 3.63) is 94.9 Å². The zero-order valence-corrected chi connectivity index (χ0v) is 18.1. The summed E-state index contributed by atoms with van der Waals surface area (Å²) in [6.45, 7) is 6.20. The van der Waals surface area contributed by atoms with Crippen LogP contribution in [0.5, 0.6) is 5.75 Å². The van der Waals surface area contributed by atoms with Gasteiger partial charge in [0.15, 0.2) is 0 Å². The maximum Gasteiger partial charge on any atom is 0.282 e. The number of rotatable bonds is 6. The standard InChI is InChI=1S/C26H23FN2O3/c1-4-32-21-7-5-6-20(15-21)29-25(30)23(22-13-8-16(2)14-17(22)3)24(26(29)31)28-19-11-9-18(27)10-12-19/h5-15,28H,4H2,1-3H3. The summed E-state index contributed by atoms with van der Waals surface area (Å²) < 4.78 is 18.9. The lowest BCUT2D eigenvalue weighted by atomic mass is 9.97. The van der Waals surface area contributed by atoms with Crippen LogP contribution in [0.15, 0.2) is 72.4 Å². The summed E-state index contributed by atoms with van der Waals surface area (Å²) in [6.07, 6.45) is 0. The van der Waals surface area contributed by atoms with Gasteiger partial charge in [0.25, 0.3) is 11.8 Å². The minimum Gasteiger partial charge on any atom is -0.494 e. The third-order valence-corrected chi connectivity index (χ3v) is 5.24. The smallest absolute Gasteiger partial charge is 0.282 e. The fraction of sp³-hybridized carbons (Fsp3) is 0.154. The lowest BCUT2D eigenvalue weighted by Gasteiger charge is -2.16. The molecule has 32 heavy (non-hydrogen) atoms. The van der Waals surface area contributed by atoms with Crippen LogP contribution in [0.2, 0.25) is 0 Å². The molecule has 1 N–H and O–H groups in total. The second-order valence-electron chi connectivity index (χ2n) is 7.58. The molecular formula is C26H23FN2O3. The summed E-state index contributed by atoms with van der Waals surface area (Å²) in [6, 6.07) is 18.2. The molecule has 1 aliphatic heterocycles. The molecule has 0 bridgehead atoms. The lowest BCUT2D eigenvalue weighted by molar-refractivity contribution is -0.120. The number of imide groups is 1. The number of nitrogens with zero attached hydrogens (tertiary/aromatic N) is 1. The number of aryl methyl sites for hydroxylation is 2. The summed E-state index contributed by atoms with van der Waals surface area (Å²) >= 11 is 0. The van der Waals surface area contributed by atoms with Gasteiger partial charge in [-0.15, -0.1) is 0 Å². The highest BCUT2D eigenvalue weighted by Crippen LogP contribution is 2.36. The number of ether oxygens (including phenoxy) is 1. The van der Waals surface area contributed by atoms with E-state index < -0.39 is 11.8 Å². The van der Waals surface area contributed by atoms with Crippen molar-refractivity contribution in [1.82, 2.24) is 0 Å². The molecule has 0 spiro atoms. The zero-order chi connectivity index (χ0) is 22.8. The molecule has 0 atom stereocenters. The minimum absolute atomic E-state index is 0.148. The van der Waals surface area contributed by atoms with Gasteiger partial charge in [-0.25, -0.2) is 9.29 Å². The molecular weight excluding hydrogens is 407 g/mol. The lowest BCUT2D eigenvalue weighted by Crippen LogP contribution is -2.32. The molecule has 0 aromatic heterocycles. The van der Waals surface area contributed by atoms with E-state index in [2.05, 4.69) is 5.32 Å². The van der Waals surface area contributed by atoms with E-state index in [9.17, 15) is 14.0 Å². The van der Waals surface area contributed by atoms with Gasteiger partial charge in [0.05, 0.1) is 17.9 Å². The van der Waals surface area contributed by atoms with Gasteiger partial charge >= 0.3 is 0 Å². The second-order valence-corrected chi connectivity index (χ2v) is 7.58. The fourth-order valence-electron chi connectivity index (χ4n) is 3.78. The molecule has 5 nitrogen and oxygen atoms in total. The maximum absolute atomic E-state index is 13.6. The number of hydrogen-bond acceptors (Lipinski definition) is 4. The minimum atomic E-state index is -0.483. The molecule has 6 heteroatoms. The van der Waals surface area contributed by atoms with E-state index in [0.29, 0.717) is 29.3 Å². The van der Waals surface area contributed by atoms with E-state index in [1.54, 1.807) is 24.3 Å². The number of nitrogens with one attached hydrogen (secondary N) is 1. The quantitative estimate of drug-likeness (QED) is 0.544. The molecule has 3 aromatic carbocycles. The first-order valence-electron chi connectivity index (χ1n) is 10.3. The Balaban J connectivity index is 1.82. The van der Waals surface area contributed by atoms with Crippen molar-refractivity contribution in [3.63, 3.8) is 0 Å². The predicted octanol–water partition coefficient (Wildman–Crippen LogP) is 5.24. The van der Waals surface area contributed by atoms with E-state index in [1.165, 1.54) is 24.3 Å². The SMILES string of the molecule is CCOc1cccc(N2C(=O)C(Nc3ccc(F)cc3)=C(c3ccc(C)cc3C)C2=O)c1. The first-order chi connectivity index (χ1) is 15.4. The van der Waals surface area contributed by atoms with Gasteiger partial charge in [0.2, 0.25) is 0 Å². The van der Waals surface area contributed by atoms with E-state index in [0.717, 1.165) is 16.0 Å². The van der Waals surface area contributed by atoms with Crippen molar-refractivity contribution in [2.45, 2.75) is 20.8 Å². The Morgan fingerprint density at radius 3 is 2.38 bits per heavy atom. The van der Waals surface area contributed by atoms with Crippen molar-refractivity contribution >= 4 is 28.8 Å². The third-order valence-electron chi connectivity index (χ3n) is 5.24. The van der Waals surface area contributed by atoms with E-state index >= 15 is 0 Å². The molecule has 0 aliphatic carbocycles. The molecule has 3 aromatic rings. The Bertz CT molecular complexity index is 1230. The van der Waals surface area contributed by atoms with Crippen LogP contribution in [0.1, 0.15) is 23.6 Å². The highest BCUT2D eigenvalue weighted by Gasteiger charge is 2.40. The summed E-state index contributed by atoms with van der Waals surface area (Å²) in [5.74, 6) is -0.732. The van der Waals surface area contributed by atoms with Crippen LogP contribution in [-0.4, -0.2) is 18.4 Å². The molecule has 0 fully saturated rings. The molecule has 1 heterocycles.